The summed E-state index contributed by atoms with van der Waals surface area (Å²) >= 11 is 0. The lowest BCUT2D eigenvalue weighted by Crippen LogP contribution is -2.22. The highest BCUT2D eigenvalue weighted by Gasteiger charge is 2.16. The molecule has 134 valence electrons. The molecule has 0 N–H and O–H groups in total. The standard InChI is InChI=1S/C21H17N3O3/c1-14-3-5-15(6-4-14)19-12-23(16-7-9-18(27-2)10-8-16)21(26)20-22-11-17(13-25)24(19)20/h3-13H,1-2H3. The Kier molecular flexibility index (Phi) is 4.08. The second-order valence-corrected chi connectivity index (χ2v) is 6.21. The number of hydrogen-bond donors (Lipinski definition) is 0. The molecule has 6 heteroatoms. The van der Waals surface area contributed by atoms with Crippen molar-refractivity contribution in [2.24, 2.45) is 0 Å². The third-order valence-electron chi connectivity index (χ3n) is 4.51. The first kappa shape index (κ1) is 16.8. The van der Waals surface area contributed by atoms with Crippen LogP contribution in [0.15, 0.2) is 65.7 Å². The topological polar surface area (TPSA) is 65.6 Å². The molecular formula is C21H17N3O3. The van der Waals surface area contributed by atoms with E-state index in [9.17, 15) is 9.59 Å². The fourth-order valence-electron chi connectivity index (χ4n) is 3.06. The SMILES string of the molecule is COc1ccc(-n2cc(-c3ccc(C)cc3)n3c(C=O)cnc3c2=O)cc1. The molecule has 0 radical (unpaired) electrons. The number of nitrogens with zero attached hydrogens (tertiary/aromatic N) is 3. The third kappa shape index (κ3) is 2.81. The van der Waals surface area contributed by atoms with Gasteiger partial charge in [-0.2, -0.15) is 0 Å². The molecule has 4 rings (SSSR count). The normalized spacial score (nSPS) is 10.9. The van der Waals surface area contributed by atoms with Crippen molar-refractivity contribution < 1.29 is 9.53 Å². The molecule has 2 aromatic carbocycles. The average molecular weight is 359 g/mol. The Morgan fingerprint density at radius 2 is 1.74 bits per heavy atom. The van der Waals surface area contributed by atoms with E-state index in [1.54, 1.807) is 42.0 Å². The lowest BCUT2D eigenvalue weighted by molar-refractivity contribution is 0.111. The van der Waals surface area contributed by atoms with Gasteiger partial charge in [0.1, 0.15) is 11.4 Å². The summed E-state index contributed by atoms with van der Waals surface area (Å²) in [7, 11) is 1.59. The van der Waals surface area contributed by atoms with Crippen molar-refractivity contribution in [3.05, 3.63) is 82.5 Å². The van der Waals surface area contributed by atoms with Gasteiger partial charge < -0.3 is 4.74 Å². The molecule has 0 aliphatic rings. The maximum absolute atomic E-state index is 13.0. The van der Waals surface area contributed by atoms with E-state index in [1.165, 1.54) is 10.8 Å². The minimum Gasteiger partial charge on any atom is -0.497 e. The van der Waals surface area contributed by atoms with Gasteiger partial charge in [0.15, 0.2) is 6.29 Å². The summed E-state index contributed by atoms with van der Waals surface area (Å²) in [6.45, 7) is 2.01. The quantitative estimate of drug-likeness (QED) is 0.525. The first-order valence-corrected chi connectivity index (χ1v) is 8.42. The van der Waals surface area contributed by atoms with Crippen molar-refractivity contribution in [2.45, 2.75) is 6.92 Å². The van der Waals surface area contributed by atoms with Gasteiger partial charge in [-0.05, 0) is 31.2 Å². The first-order chi connectivity index (χ1) is 13.1. The number of aryl methyl sites for hydroxylation is 1. The molecule has 0 unspecified atom stereocenters. The summed E-state index contributed by atoms with van der Waals surface area (Å²) in [4.78, 5) is 28.6. The summed E-state index contributed by atoms with van der Waals surface area (Å²) in [6, 6.07) is 15.1. The molecule has 6 nitrogen and oxygen atoms in total. The number of hydrogen-bond acceptors (Lipinski definition) is 4. The van der Waals surface area contributed by atoms with Crippen LogP contribution in [0, 0.1) is 6.92 Å². The summed E-state index contributed by atoms with van der Waals surface area (Å²) in [5, 5.41) is 0. The molecule has 2 aromatic heterocycles. The fourth-order valence-corrected chi connectivity index (χ4v) is 3.06. The highest BCUT2D eigenvalue weighted by atomic mass is 16.5. The molecular weight excluding hydrogens is 342 g/mol. The van der Waals surface area contributed by atoms with E-state index in [0.717, 1.165) is 11.1 Å². The van der Waals surface area contributed by atoms with Crippen molar-refractivity contribution in [3.8, 4) is 22.7 Å². The van der Waals surface area contributed by atoms with Crippen molar-refractivity contribution in [1.29, 1.82) is 0 Å². The van der Waals surface area contributed by atoms with Crippen LogP contribution in [-0.4, -0.2) is 27.3 Å². The lowest BCUT2D eigenvalue weighted by Gasteiger charge is -2.13. The smallest absolute Gasteiger partial charge is 0.298 e. The zero-order chi connectivity index (χ0) is 19.0. The van der Waals surface area contributed by atoms with Crippen LogP contribution in [0.4, 0.5) is 0 Å². The molecule has 0 bridgehead atoms. The van der Waals surface area contributed by atoms with Crippen molar-refractivity contribution in [1.82, 2.24) is 14.0 Å². The van der Waals surface area contributed by atoms with Crippen molar-refractivity contribution >= 4 is 11.9 Å². The molecule has 2 heterocycles. The third-order valence-corrected chi connectivity index (χ3v) is 4.51. The molecule has 0 aliphatic carbocycles. The predicted octanol–water partition coefficient (Wildman–Crippen LogP) is 3.28. The van der Waals surface area contributed by atoms with E-state index >= 15 is 0 Å². The van der Waals surface area contributed by atoms with E-state index in [-0.39, 0.29) is 11.2 Å². The van der Waals surface area contributed by atoms with Crippen LogP contribution in [0.5, 0.6) is 5.75 Å². The van der Waals surface area contributed by atoms with E-state index in [4.69, 9.17) is 4.74 Å². The maximum Gasteiger partial charge on any atom is 0.298 e. The number of carbonyl (C=O) groups is 1. The lowest BCUT2D eigenvalue weighted by atomic mass is 10.1. The number of rotatable bonds is 4. The Balaban J connectivity index is 2.03. The second kappa shape index (κ2) is 6.57. The van der Waals surface area contributed by atoms with Gasteiger partial charge in [0.05, 0.1) is 19.0 Å². The zero-order valence-electron chi connectivity index (χ0n) is 14.9. The largest absolute Gasteiger partial charge is 0.497 e. The van der Waals surface area contributed by atoms with Gasteiger partial charge >= 0.3 is 0 Å². The van der Waals surface area contributed by atoms with Crippen molar-refractivity contribution in [3.63, 3.8) is 0 Å². The van der Waals surface area contributed by atoms with Crippen LogP contribution < -0.4 is 10.3 Å². The van der Waals surface area contributed by atoms with Crippen LogP contribution in [0.25, 0.3) is 22.6 Å². The number of carbonyl (C=O) groups excluding carboxylic acids is 1. The molecule has 0 spiro atoms. The van der Waals surface area contributed by atoms with Crippen LogP contribution in [0.1, 0.15) is 16.1 Å². The van der Waals surface area contributed by atoms with Crippen LogP contribution >= 0.6 is 0 Å². The van der Waals surface area contributed by atoms with Gasteiger partial charge in [-0.15, -0.1) is 0 Å². The number of methoxy groups -OCH3 is 1. The minimum atomic E-state index is -0.302. The van der Waals surface area contributed by atoms with Gasteiger partial charge in [-0.3, -0.25) is 18.6 Å². The Morgan fingerprint density at radius 3 is 2.37 bits per heavy atom. The summed E-state index contributed by atoms with van der Waals surface area (Å²) in [5.74, 6) is 0.704. The Bertz CT molecular complexity index is 1190. The highest BCUT2D eigenvalue weighted by molar-refractivity contribution is 5.77. The monoisotopic (exact) mass is 359 g/mol. The summed E-state index contributed by atoms with van der Waals surface area (Å²) in [5.41, 5.74) is 3.63. The van der Waals surface area contributed by atoms with E-state index in [0.29, 0.717) is 29.1 Å². The second-order valence-electron chi connectivity index (χ2n) is 6.21. The van der Waals surface area contributed by atoms with E-state index in [2.05, 4.69) is 4.98 Å². The molecule has 27 heavy (non-hydrogen) atoms. The molecule has 4 aromatic rings. The zero-order valence-corrected chi connectivity index (χ0v) is 14.9. The number of ether oxygens (including phenoxy) is 1. The molecule has 0 saturated heterocycles. The van der Waals surface area contributed by atoms with Crippen molar-refractivity contribution in [2.75, 3.05) is 7.11 Å². The number of aromatic nitrogens is 3. The maximum atomic E-state index is 13.0. The average Bonchev–Trinajstić information content (AvgIpc) is 3.14. The Hall–Kier alpha value is -3.67. The fraction of sp³-hybridized carbons (Fsp3) is 0.0952. The predicted molar refractivity (Wildman–Crippen MR) is 103 cm³/mol. The molecule has 0 fully saturated rings. The number of benzene rings is 2. The molecule has 0 aliphatic heterocycles. The Morgan fingerprint density at radius 1 is 1.04 bits per heavy atom. The Labute approximate surface area is 155 Å². The van der Waals surface area contributed by atoms with Crippen LogP contribution in [-0.2, 0) is 0 Å². The minimum absolute atomic E-state index is 0.200. The highest BCUT2D eigenvalue weighted by Crippen LogP contribution is 2.23. The molecule has 0 atom stereocenters. The van der Waals surface area contributed by atoms with Gasteiger partial charge in [0, 0.05) is 17.4 Å². The van der Waals surface area contributed by atoms with Gasteiger partial charge in [-0.25, -0.2) is 4.98 Å². The van der Waals surface area contributed by atoms with Crippen LogP contribution in [0.3, 0.4) is 0 Å². The number of imidazole rings is 1. The summed E-state index contributed by atoms with van der Waals surface area (Å²) < 4.78 is 8.32. The number of aldehydes is 1. The van der Waals surface area contributed by atoms with Crippen LogP contribution in [0.2, 0.25) is 0 Å². The van der Waals surface area contributed by atoms with Gasteiger partial charge in [-0.1, -0.05) is 29.8 Å². The molecule has 0 saturated carbocycles. The van der Waals surface area contributed by atoms with Gasteiger partial charge in [0.25, 0.3) is 5.56 Å². The molecule has 0 amide bonds. The van der Waals surface area contributed by atoms with E-state index < -0.39 is 0 Å². The number of fused-ring (bicyclic) bond motifs is 1. The van der Waals surface area contributed by atoms with Gasteiger partial charge in [0.2, 0.25) is 5.65 Å². The summed E-state index contributed by atoms with van der Waals surface area (Å²) in [6.07, 6.45) is 3.85. The van der Waals surface area contributed by atoms with E-state index in [1.807, 2.05) is 31.2 Å². The first-order valence-electron chi connectivity index (χ1n) is 8.42.